The molecule has 0 spiro atoms. The molecule has 102 valence electrons. The van der Waals surface area contributed by atoms with Crippen molar-refractivity contribution in [3.8, 4) is 0 Å². The van der Waals surface area contributed by atoms with Gasteiger partial charge in [0, 0.05) is 11.4 Å². The first-order valence-corrected chi connectivity index (χ1v) is 7.09. The summed E-state index contributed by atoms with van der Waals surface area (Å²) < 4.78 is 16.1. The molecule has 0 fully saturated rings. The highest BCUT2D eigenvalue weighted by molar-refractivity contribution is 9.11. The molecule has 0 radical (unpaired) electrons. The average molecular weight is 347 g/mol. The lowest BCUT2D eigenvalue weighted by Gasteiger charge is -2.01. The molecule has 19 heavy (non-hydrogen) atoms. The minimum absolute atomic E-state index is 0.0632. The molecule has 5 nitrogen and oxygen atoms in total. The largest absolute Gasteiger partial charge is 0.346 e. The van der Waals surface area contributed by atoms with Gasteiger partial charge in [0.15, 0.2) is 0 Å². The van der Waals surface area contributed by atoms with Crippen LogP contribution in [0.5, 0.6) is 0 Å². The summed E-state index contributed by atoms with van der Waals surface area (Å²) in [7, 11) is 0. The van der Waals surface area contributed by atoms with Crippen LogP contribution < -0.4 is 11.4 Å². The van der Waals surface area contributed by atoms with Crippen molar-refractivity contribution in [3.63, 3.8) is 0 Å². The molecule has 0 bridgehead atoms. The van der Waals surface area contributed by atoms with E-state index in [1.54, 1.807) is 11.3 Å². The Hall–Kier alpha value is -1.25. The summed E-state index contributed by atoms with van der Waals surface area (Å²) in [5.41, 5.74) is 5.40. The van der Waals surface area contributed by atoms with Gasteiger partial charge in [0.25, 0.3) is 0 Å². The van der Waals surface area contributed by atoms with Crippen molar-refractivity contribution < 1.29 is 4.39 Å². The fourth-order valence-corrected chi connectivity index (χ4v) is 3.01. The first-order chi connectivity index (χ1) is 9.13. The number of thiophene rings is 1. The van der Waals surface area contributed by atoms with Crippen LogP contribution in [0.2, 0.25) is 0 Å². The zero-order chi connectivity index (χ0) is 13.8. The number of hydrogen-bond donors (Lipinski definition) is 1. The number of aromatic nitrogens is 3. The Morgan fingerprint density at radius 3 is 2.95 bits per heavy atom. The fourth-order valence-electron chi connectivity index (χ4n) is 1.53. The van der Waals surface area contributed by atoms with Crippen LogP contribution in [0.25, 0.3) is 0 Å². The van der Waals surface area contributed by atoms with Gasteiger partial charge in [-0.05, 0) is 33.6 Å². The Kier molecular flexibility index (Phi) is 4.67. The van der Waals surface area contributed by atoms with Gasteiger partial charge in [-0.2, -0.15) is 5.10 Å². The van der Waals surface area contributed by atoms with Gasteiger partial charge >= 0.3 is 5.69 Å². The van der Waals surface area contributed by atoms with Crippen molar-refractivity contribution in [2.24, 2.45) is 5.73 Å². The maximum atomic E-state index is 12.4. The molecular formula is C11H12BrFN4OS. The third-order valence-electron chi connectivity index (χ3n) is 2.52. The van der Waals surface area contributed by atoms with Gasteiger partial charge in [-0.1, -0.05) is 0 Å². The van der Waals surface area contributed by atoms with Crippen molar-refractivity contribution in [2.45, 2.75) is 13.1 Å². The van der Waals surface area contributed by atoms with Crippen molar-refractivity contribution in [1.29, 1.82) is 0 Å². The zero-order valence-corrected chi connectivity index (χ0v) is 12.3. The second-order valence-electron chi connectivity index (χ2n) is 3.88. The molecule has 0 aliphatic carbocycles. The van der Waals surface area contributed by atoms with Crippen molar-refractivity contribution in [3.05, 3.63) is 49.5 Å². The first kappa shape index (κ1) is 14.2. The zero-order valence-electron chi connectivity index (χ0n) is 9.92. The third-order valence-corrected chi connectivity index (χ3v) is 4.13. The van der Waals surface area contributed by atoms with E-state index < -0.39 is 0 Å². The molecule has 2 aromatic rings. The Morgan fingerprint density at radius 1 is 1.58 bits per heavy atom. The topological polar surface area (TPSA) is 65.8 Å². The smallest absolute Gasteiger partial charge is 0.327 e. The quantitative estimate of drug-likeness (QED) is 0.896. The maximum absolute atomic E-state index is 12.4. The molecule has 2 aromatic heterocycles. The maximum Gasteiger partial charge on any atom is 0.346 e. The molecule has 2 heterocycles. The number of nitrogens with zero attached hydrogens (tertiary/aromatic N) is 3. The minimum atomic E-state index is -0.280. The Labute approximate surface area is 121 Å². The van der Waals surface area contributed by atoms with Crippen LogP contribution in [0, 0.1) is 0 Å². The van der Waals surface area contributed by atoms with Gasteiger partial charge in [-0.15, -0.1) is 11.3 Å². The summed E-state index contributed by atoms with van der Waals surface area (Å²) >= 11 is 4.92. The van der Waals surface area contributed by atoms with E-state index in [0.29, 0.717) is 18.4 Å². The van der Waals surface area contributed by atoms with E-state index in [1.807, 2.05) is 12.1 Å². The molecule has 0 amide bonds. The first-order valence-electron chi connectivity index (χ1n) is 5.48. The average Bonchev–Trinajstić information content (AvgIpc) is 2.96. The Bertz CT molecular complexity index is 645. The summed E-state index contributed by atoms with van der Waals surface area (Å²) in [5, 5.41) is 3.95. The van der Waals surface area contributed by atoms with Gasteiger partial charge in [0.05, 0.1) is 23.2 Å². The molecule has 0 aliphatic rings. The van der Waals surface area contributed by atoms with Crippen molar-refractivity contribution >= 4 is 27.3 Å². The fraction of sp³-hybridized carbons (Fsp3) is 0.273. The summed E-state index contributed by atoms with van der Waals surface area (Å²) in [6.07, 6.45) is 1.87. The standard InChI is InChI=1S/C11H12BrFN4OS/c12-10-2-1-9(19-10)6-16-7-15-17(11(16)18)5-8(3-13)4-14/h1-3,7H,4-6,14H2/b8-3+. The second-order valence-corrected chi connectivity index (χ2v) is 6.42. The lowest BCUT2D eigenvalue weighted by atomic mass is 10.3. The molecule has 0 atom stereocenters. The van der Waals surface area contributed by atoms with Gasteiger partial charge in [-0.25, -0.2) is 13.9 Å². The predicted molar refractivity (Wildman–Crippen MR) is 75.9 cm³/mol. The lowest BCUT2D eigenvalue weighted by Crippen LogP contribution is -2.26. The van der Waals surface area contributed by atoms with Gasteiger partial charge < -0.3 is 5.73 Å². The van der Waals surface area contributed by atoms with Gasteiger partial charge in [0.2, 0.25) is 0 Å². The van der Waals surface area contributed by atoms with Crippen LogP contribution in [-0.4, -0.2) is 20.9 Å². The minimum Gasteiger partial charge on any atom is -0.327 e. The van der Waals surface area contributed by atoms with Gasteiger partial charge in [-0.3, -0.25) is 4.57 Å². The van der Waals surface area contributed by atoms with E-state index in [1.165, 1.54) is 15.6 Å². The number of rotatable bonds is 5. The van der Waals surface area contributed by atoms with Crippen LogP contribution in [-0.2, 0) is 13.1 Å². The number of hydrogen-bond acceptors (Lipinski definition) is 4. The molecule has 0 aromatic carbocycles. The van der Waals surface area contributed by atoms with Crippen molar-refractivity contribution in [1.82, 2.24) is 14.3 Å². The van der Waals surface area contributed by atoms with Gasteiger partial charge in [0.1, 0.15) is 6.33 Å². The second kappa shape index (κ2) is 6.27. The molecule has 2 N–H and O–H groups in total. The van der Waals surface area contributed by atoms with E-state index >= 15 is 0 Å². The predicted octanol–water partition coefficient (Wildman–Crippen LogP) is 1.73. The number of halogens is 2. The molecule has 0 aliphatic heterocycles. The summed E-state index contributed by atoms with van der Waals surface area (Å²) in [5.74, 6) is 0. The third kappa shape index (κ3) is 3.40. The normalized spacial score (nSPS) is 12.1. The van der Waals surface area contributed by atoms with Crippen molar-refractivity contribution in [2.75, 3.05) is 6.54 Å². The summed E-state index contributed by atoms with van der Waals surface area (Å²) in [6.45, 7) is 0.590. The monoisotopic (exact) mass is 346 g/mol. The van der Waals surface area contributed by atoms with Crippen LogP contribution >= 0.6 is 27.3 Å². The highest BCUT2D eigenvalue weighted by Crippen LogP contribution is 2.22. The molecule has 0 saturated heterocycles. The Morgan fingerprint density at radius 2 is 2.37 bits per heavy atom. The van der Waals surface area contributed by atoms with Crippen LogP contribution in [0.3, 0.4) is 0 Å². The lowest BCUT2D eigenvalue weighted by molar-refractivity contribution is 0.604. The molecule has 0 unspecified atom stereocenters. The molecule has 8 heteroatoms. The Balaban J connectivity index is 2.16. The molecule has 0 saturated carbocycles. The van der Waals surface area contributed by atoms with Crippen LogP contribution in [0.15, 0.2) is 38.9 Å². The van der Waals surface area contributed by atoms with E-state index in [4.69, 9.17) is 5.73 Å². The highest BCUT2D eigenvalue weighted by Gasteiger charge is 2.08. The van der Waals surface area contributed by atoms with E-state index in [0.717, 1.165) is 8.66 Å². The summed E-state index contributed by atoms with van der Waals surface area (Å²) in [6, 6.07) is 3.86. The van der Waals surface area contributed by atoms with E-state index in [2.05, 4.69) is 21.0 Å². The highest BCUT2D eigenvalue weighted by atomic mass is 79.9. The van der Waals surface area contributed by atoms with Crippen LogP contribution in [0.4, 0.5) is 4.39 Å². The molecular weight excluding hydrogens is 335 g/mol. The summed E-state index contributed by atoms with van der Waals surface area (Å²) in [4.78, 5) is 13.0. The number of nitrogens with two attached hydrogens (primary N) is 1. The van der Waals surface area contributed by atoms with E-state index in [-0.39, 0.29) is 18.8 Å². The van der Waals surface area contributed by atoms with Crippen LogP contribution in [0.1, 0.15) is 4.88 Å². The SMILES string of the molecule is NC/C(=C\F)Cn1ncn(Cc2ccc(Br)s2)c1=O. The van der Waals surface area contributed by atoms with E-state index in [9.17, 15) is 9.18 Å². The molecule has 2 rings (SSSR count).